The molecule has 0 saturated carbocycles. The summed E-state index contributed by atoms with van der Waals surface area (Å²) < 4.78 is 2.13. The molecule has 1 saturated heterocycles. The lowest BCUT2D eigenvalue weighted by Crippen LogP contribution is -2.15. The van der Waals surface area contributed by atoms with Gasteiger partial charge in [0, 0.05) is 19.4 Å². The average molecular weight is 216 g/mol. The Morgan fingerprint density at radius 2 is 2.50 bits per heavy atom. The first-order chi connectivity index (χ1) is 7.88. The average Bonchev–Trinajstić information content (AvgIpc) is 2.97. The first-order valence-corrected chi connectivity index (χ1v) is 5.77. The minimum atomic E-state index is 0.416. The van der Waals surface area contributed by atoms with Gasteiger partial charge in [-0.05, 0) is 31.5 Å². The van der Waals surface area contributed by atoms with Crippen molar-refractivity contribution >= 4 is 11.3 Å². The van der Waals surface area contributed by atoms with E-state index in [1.54, 1.807) is 0 Å². The van der Waals surface area contributed by atoms with E-state index in [2.05, 4.69) is 38.5 Å². The van der Waals surface area contributed by atoms with Crippen molar-refractivity contribution in [2.24, 2.45) is 0 Å². The van der Waals surface area contributed by atoms with Crippen LogP contribution in [0.5, 0.6) is 0 Å². The summed E-state index contributed by atoms with van der Waals surface area (Å²) in [7, 11) is 1.92. The van der Waals surface area contributed by atoms with Gasteiger partial charge >= 0.3 is 0 Å². The van der Waals surface area contributed by atoms with Crippen LogP contribution in [0.4, 0.5) is 5.82 Å². The lowest BCUT2D eigenvalue weighted by Gasteiger charge is -2.12. The van der Waals surface area contributed by atoms with Crippen LogP contribution in [0.3, 0.4) is 0 Å². The lowest BCUT2D eigenvalue weighted by molar-refractivity contribution is 0.624. The fourth-order valence-corrected chi connectivity index (χ4v) is 2.35. The van der Waals surface area contributed by atoms with Crippen molar-refractivity contribution in [3.8, 4) is 0 Å². The SMILES string of the molecule is CNc1nc([C@@H]2CCCN2)cn2cccc12. The summed E-state index contributed by atoms with van der Waals surface area (Å²) in [5.74, 6) is 0.955. The Labute approximate surface area is 94.7 Å². The molecular formula is C12H16N4. The molecular weight excluding hydrogens is 200 g/mol. The van der Waals surface area contributed by atoms with Gasteiger partial charge in [-0.3, -0.25) is 0 Å². The molecule has 0 spiro atoms. The summed E-state index contributed by atoms with van der Waals surface area (Å²) in [5, 5.41) is 6.64. The van der Waals surface area contributed by atoms with Gasteiger partial charge in [0.2, 0.25) is 0 Å². The van der Waals surface area contributed by atoms with Gasteiger partial charge in [-0.15, -0.1) is 0 Å². The van der Waals surface area contributed by atoms with Crippen LogP contribution in [-0.2, 0) is 0 Å². The highest BCUT2D eigenvalue weighted by atomic mass is 15.1. The molecule has 1 atom stereocenters. The van der Waals surface area contributed by atoms with Crippen LogP contribution in [0.2, 0.25) is 0 Å². The second kappa shape index (κ2) is 3.79. The number of aromatic nitrogens is 2. The first kappa shape index (κ1) is 9.66. The fraction of sp³-hybridized carbons (Fsp3) is 0.417. The first-order valence-electron chi connectivity index (χ1n) is 5.77. The zero-order valence-corrected chi connectivity index (χ0v) is 9.40. The molecule has 2 N–H and O–H groups in total. The van der Waals surface area contributed by atoms with Crippen molar-refractivity contribution in [3.05, 3.63) is 30.2 Å². The largest absolute Gasteiger partial charge is 0.371 e. The highest BCUT2D eigenvalue weighted by Crippen LogP contribution is 2.24. The molecule has 0 radical (unpaired) electrons. The van der Waals surface area contributed by atoms with Gasteiger partial charge in [0.25, 0.3) is 0 Å². The molecule has 84 valence electrons. The second-order valence-corrected chi connectivity index (χ2v) is 4.21. The summed E-state index contributed by atoms with van der Waals surface area (Å²) in [6.07, 6.45) is 6.61. The number of fused-ring (bicyclic) bond motifs is 1. The molecule has 1 fully saturated rings. The van der Waals surface area contributed by atoms with Crippen LogP contribution in [0.15, 0.2) is 24.5 Å². The standard InChI is InChI=1S/C12H16N4/c1-13-12-11-5-3-7-16(11)8-10(15-12)9-4-2-6-14-9/h3,5,7-9,14H,2,4,6H2,1H3,(H,13,15)/t9-/m0/s1. The highest BCUT2D eigenvalue weighted by molar-refractivity contribution is 5.68. The van der Waals surface area contributed by atoms with E-state index in [4.69, 9.17) is 0 Å². The molecule has 0 aromatic carbocycles. The number of hydrogen-bond donors (Lipinski definition) is 2. The molecule has 1 aliphatic rings. The number of hydrogen-bond acceptors (Lipinski definition) is 3. The third kappa shape index (κ3) is 1.46. The van der Waals surface area contributed by atoms with Crippen LogP contribution in [0, 0.1) is 0 Å². The Bertz CT molecular complexity index is 497. The molecule has 0 amide bonds. The normalized spacial score (nSPS) is 20.4. The molecule has 4 heteroatoms. The smallest absolute Gasteiger partial charge is 0.150 e. The topological polar surface area (TPSA) is 41.4 Å². The second-order valence-electron chi connectivity index (χ2n) is 4.21. The lowest BCUT2D eigenvalue weighted by atomic mass is 10.2. The van der Waals surface area contributed by atoms with Crippen molar-refractivity contribution < 1.29 is 0 Å². The Kier molecular flexibility index (Phi) is 2.29. The van der Waals surface area contributed by atoms with E-state index in [1.165, 1.54) is 12.8 Å². The maximum absolute atomic E-state index is 4.68. The van der Waals surface area contributed by atoms with E-state index < -0.39 is 0 Å². The van der Waals surface area contributed by atoms with Crippen LogP contribution in [0.1, 0.15) is 24.6 Å². The summed E-state index contributed by atoms with van der Waals surface area (Å²) in [6.45, 7) is 1.10. The fourth-order valence-electron chi connectivity index (χ4n) is 2.35. The molecule has 3 heterocycles. The summed E-state index contributed by atoms with van der Waals surface area (Å²) in [4.78, 5) is 4.68. The molecule has 2 aromatic heterocycles. The maximum Gasteiger partial charge on any atom is 0.150 e. The van der Waals surface area contributed by atoms with E-state index in [0.717, 1.165) is 23.6 Å². The molecule has 3 rings (SSSR count). The molecule has 2 aromatic rings. The third-order valence-corrected chi connectivity index (χ3v) is 3.19. The van der Waals surface area contributed by atoms with Crippen LogP contribution < -0.4 is 10.6 Å². The van der Waals surface area contributed by atoms with Crippen LogP contribution >= 0.6 is 0 Å². The highest BCUT2D eigenvalue weighted by Gasteiger charge is 2.18. The van der Waals surface area contributed by atoms with E-state index in [9.17, 15) is 0 Å². The van der Waals surface area contributed by atoms with E-state index in [-0.39, 0.29) is 0 Å². The van der Waals surface area contributed by atoms with Crippen molar-refractivity contribution in [2.75, 3.05) is 18.9 Å². The van der Waals surface area contributed by atoms with E-state index >= 15 is 0 Å². The van der Waals surface area contributed by atoms with Crippen molar-refractivity contribution in [1.82, 2.24) is 14.7 Å². The molecule has 1 aliphatic heterocycles. The number of nitrogens with one attached hydrogen (secondary N) is 2. The molecule has 0 aliphatic carbocycles. The van der Waals surface area contributed by atoms with Gasteiger partial charge in [-0.25, -0.2) is 4.98 Å². The number of anilines is 1. The number of rotatable bonds is 2. The predicted octanol–water partition coefficient (Wildman–Crippen LogP) is 1.80. The molecule has 4 nitrogen and oxygen atoms in total. The Morgan fingerprint density at radius 1 is 1.56 bits per heavy atom. The monoisotopic (exact) mass is 216 g/mol. The van der Waals surface area contributed by atoms with Gasteiger partial charge in [-0.1, -0.05) is 0 Å². The Balaban J connectivity index is 2.10. The Hall–Kier alpha value is -1.55. The zero-order chi connectivity index (χ0) is 11.0. The van der Waals surface area contributed by atoms with E-state index in [1.807, 2.05) is 13.1 Å². The van der Waals surface area contributed by atoms with Gasteiger partial charge in [0.1, 0.15) is 5.82 Å². The minimum Gasteiger partial charge on any atom is -0.371 e. The molecule has 0 bridgehead atoms. The quantitative estimate of drug-likeness (QED) is 0.804. The minimum absolute atomic E-state index is 0.416. The van der Waals surface area contributed by atoms with Crippen molar-refractivity contribution in [3.63, 3.8) is 0 Å². The van der Waals surface area contributed by atoms with Crippen LogP contribution in [-0.4, -0.2) is 23.0 Å². The predicted molar refractivity (Wildman–Crippen MR) is 64.7 cm³/mol. The molecule has 0 unspecified atom stereocenters. The van der Waals surface area contributed by atoms with Crippen LogP contribution in [0.25, 0.3) is 5.52 Å². The summed E-state index contributed by atoms with van der Waals surface area (Å²) in [6, 6.07) is 4.54. The van der Waals surface area contributed by atoms with Crippen molar-refractivity contribution in [1.29, 1.82) is 0 Å². The van der Waals surface area contributed by atoms with Gasteiger partial charge in [0.15, 0.2) is 0 Å². The number of nitrogens with zero attached hydrogens (tertiary/aromatic N) is 2. The molecule has 16 heavy (non-hydrogen) atoms. The summed E-state index contributed by atoms with van der Waals surface area (Å²) in [5.41, 5.74) is 2.26. The maximum atomic E-state index is 4.68. The van der Waals surface area contributed by atoms with Gasteiger partial charge in [0.05, 0.1) is 17.3 Å². The summed E-state index contributed by atoms with van der Waals surface area (Å²) >= 11 is 0. The van der Waals surface area contributed by atoms with Gasteiger partial charge < -0.3 is 15.0 Å². The third-order valence-electron chi connectivity index (χ3n) is 3.19. The Morgan fingerprint density at radius 3 is 3.25 bits per heavy atom. The zero-order valence-electron chi connectivity index (χ0n) is 9.40. The van der Waals surface area contributed by atoms with E-state index in [0.29, 0.717) is 6.04 Å². The van der Waals surface area contributed by atoms with Gasteiger partial charge in [-0.2, -0.15) is 0 Å². The van der Waals surface area contributed by atoms with Crippen molar-refractivity contribution in [2.45, 2.75) is 18.9 Å².